The summed E-state index contributed by atoms with van der Waals surface area (Å²) in [5.74, 6) is 1.07. The molecule has 0 bridgehead atoms. The Labute approximate surface area is 150 Å². The lowest BCUT2D eigenvalue weighted by atomic mass is 10.1. The number of hydrogen-bond donors (Lipinski definition) is 2. The minimum absolute atomic E-state index is 0.122. The summed E-state index contributed by atoms with van der Waals surface area (Å²) in [5, 5.41) is 2.97. The zero-order valence-corrected chi connectivity index (χ0v) is 15.3. The van der Waals surface area contributed by atoms with Crippen molar-refractivity contribution in [2.24, 2.45) is 0 Å². The van der Waals surface area contributed by atoms with Crippen molar-refractivity contribution in [3.8, 4) is 0 Å². The monoisotopic (exact) mass is 392 g/mol. The van der Waals surface area contributed by atoms with Crippen molar-refractivity contribution >= 4 is 39.3 Å². The molecule has 2 rings (SSSR count). The first kappa shape index (κ1) is 17.9. The Bertz CT molecular complexity index is 614. The van der Waals surface area contributed by atoms with Gasteiger partial charge in [-0.3, -0.25) is 4.79 Å². The number of benzene rings is 2. The van der Waals surface area contributed by atoms with Gasteiger partial charge in [0.15, 0.2) is 0 Å². The maximum atomic E-state index is 11.8. The minimum Gasteiger partial charge on any atom is -0.399 e. The Morgan fingerprint density at radius 1 is 1.09 bits per heavy atom. The standard InChI is InChI=1S/C18H21BrN2OS/c19-15-5-9-17(10-6-15)23-13-1-2-18(22)21-12-11-14-3-7-16(20)8-4-14/h3-10H,1-2,11-13,20H2,(H,21,22). The normalized spacial score (nSPS) is 10.5. The van der Waals surface area contributed by atoms with Crippen molar-refractivity contribution in [1.82, 2.24) is 5.32 Å². The number of thioether (sulfide) groups is 1. The van der Waals surface area contributed by atoms with Gasteiger partial charge in [-0.15, -0.1) is 11.8 Å². The van der Waals surface area contributed by atoms with Gasteiger partial charge in [-0.1, -0.05) is 28.1 Å². The maximum absolute atomic E-state index is 11.8. The van der Waals surface area contributed by atoms with E-state index in [0.29, 0.717) is 13.0 Å². The van der Waals surface area contributed by atoms with E-state index in [9.17, 15) is 4.79 Å². The van der Waals surface area contributed by atoms with Crippen molar-refractivity contribution in [3.63, 3.8) is 0 Å². The molecule has 0 unspecified atom stereocenters. The smallest absolute Gasteiger partial charge is 0.220 e. The highest BCUT2D eigenvalue weighted by Crippen LogP contribution is 2.21. The fourth-order valence-electron chi connectivity index (χ4n) is 2.07. The molecule has 122 valence electrons. The number of carbonyl (C=O) groups is 1. The fourth-order valence-corrected chi connectivity index (χ4v) is 3.19. The Balaban J connectivity index is 1.56. The summed E-state index contributed by atoms with van der Waals surface area (Å²) in [4.78, 5) is 13.0. The number of nitrogen functional groups attached to an aromatic ring is 1. The molecule has 0 aliphatic rings. The van der Waals surface area contributed by atoms with Crippen molar-refractivity contribution in [1.29, 1.82) is 0 Å². The van der Waals surface area contributed by atoms with E-state index in [-0.39, 0.29) is 5.91 Å². The van der Waals surface area contributed by atoms with E-state index in [1.165, 1.54) is 10.5 Å². The quantitative estimate of drug-likeness (QED) is 0.400. The molecule has 23 heavy (non-hydrogen) atoms. The molecule has 0 spiro atoms. The first-order valence-corrected chi connectivity index (χ1v) is 9.41. The topological polar surface area (TPSA) is 55.1 Å². The number of amides is 1. The van der Waals surface area contributed by atoms with Gasteiger partial charge in [0.1, 0.15) is 0 Å². The number of rotatable bonds is 8. The number of nitrogens with two attached hydrogens (primary N) is 1. The third kappa shape index (κ3) is 7.10. The summed E-state index contributed by atoms with van der Waals surface area (Å²) in [7, 11) is 0. The number of carbonyl (C=O) groups excluding carboxylic acids is 1. The first-order chi connectivity index (χ1) is 11.1. The maximum Gasteiger partial charge on any atom is 0.220 e. The van der Waals surface area contributed by atoms with Crippen LogP contribution in [0.4, 0.5) is 5.69 Å². The molecule has 0 saturated heterocycles. The summed E-state index contributed by atoms with van der Waals surface area (Å²) in [5.41, 5.74) is 7.60. The summed E-state index contributed by atoms with van der Waals surface area (Å²) >= 11 is 5.20. The predicted molar refractivity (Wildman–Crippen MR) is 102 cm³/mol. The van der Waals surface area contributed by atoms with Gasteiger partial charge in [0.05, 0.1) is 0 Å². The van der Waals surface area contributed by atoms with Gasteiger partial charge in [-0.05, 0) is 60.6 Å². The molecule has 0 aliphatic heterocycles. The minimum atomic E-state index is 0.122. The molecule has 1 amide bonds. The van der Waals surface area contributed by atoms with Crippen LogP contribution in [0.15, 0.2) is 57.9 Å². The third-order valence-corrected chi connectivity index (χ3v) is 4.97. The van der Waals surface area contributed by atoms with E-state index < -0.39 is 0 Å². The SMILES string of the molecule is Nc1ccc(CCNC(=O)CCCSc2ccc(Br)cc2)cc1. The number of anilines is 1. The molecule has 2 aromatic carbocycles. The molecule has 0 aliphatic carbocycles. The summed E-state index contributed by atoms with van der Waals surface area (Å²) in [6.45, 7) is 0.669. The van der Waals surface area contributed by atoms with Crippen LogP contribution in [0.1, 0.15) is 18.4 Å². The molecular weight excluding hydrogens is 372 g/mol. The molecular formula is C18H21BrN2OS. The van der Waals surface area contributed by atoms with Gasteiger partial charge in [0.25, 0.3) is 0 Å². The van der Waals surface area contributed by atoms with Crippen molar-refractivity contribution in [2.45, 2.75) is 24.2 Å². The molecule has 2 aromatic rings. The van der Waals surface area contributed by atoms with Gasteiger partial charge in [0, 0.05) is 28.0 Å². The molecule has 0 aromatic heterocycles. The number of nitrogens with one attached hydrogen (secondary N) is 1. The average molecular weight is 393 g/mol. The number of halogens is 1. The van der Waals surface area contributed by atoms with Gasteiger partial charge >= 0.3 is 0 Å². The second-order valence-corrected chi connectivity index (χ2v) is 7.33. The Morgan fingerprint density at radius 2 is 1.78 bits per heavy atom. The molecule has 0 saturated carbocycles. The highest BCUT2D eigenvalue weighted by molar-refractivity contribution is 9.10. The highest BCUT2D eigenvalue weighted by atomic mass is 79.9. The summed E-state index contributed by atoms with van der Waals surface area (Å²) < 4.78 is 1.09. The van der Waals surface area contributed by atoms with E-state index in [4.69, 9.17) is 5.73 Å². The van der Waals surface area contributed by atoms with Crippen LogP contribution in [0, 0.1) is 0 Å². The fraction of sp³-hybridized carbons (Fsp3) is 0.278. The van der Waals surface area contributed by atoms with Crippen LogP contribution in [-0.4, -0.2) is 18.2 Å². The van der Waals surface area contributed by atoms with Crippen molar-refractivity contribution in [2.75, 3.05) is 18.0 Å². The molecule has 5 heteroatoms. The predicted octanol–water partition coefficient (Wildman–Crippen LogP) is 4.26. The number of hydrogen-bond acceptors (Lipinski definition) is 3. The van der Waals surface area contributed by atoms with Gasteiger partial charge < -0.3 is 11.1 Å². The largest absolute Gasteiger partial charge is 0.399 e. The van der Waals surface area contributed by atoms with Crippen LogP contribution in [0.3, 0.4) is 0 Å². The zero-order valence-electron chi connectivity index (χ0n) is 12.9. The van der Waals surface area contributed by atoms with E-state index in [0.717, 1.165) is 28.8 Å². The van der Waals surface area contributed by atoms with Crippen LogP contribution in [0.5, 0.6) is 0 Å². The molecule has 3 N–H and O–H groups in total. The van der Waals surface area contributed by atoms with Crippen molar-refractivity contribution in [3.05, 3.63) is 58.6 Å². The molecule has 0 radical (unpaired) electrons. The van der Waals surface area contributed by atoms with Crippen LogP contribution in [-0.2, 0) is 11.2 Å². The lowest BCUT2D eigenvalue weighted by molar-refractivity contribution is -0.121. The Morgan fingerprint density at radius 3 is 2.48 bits per heavy atom. The second-order valence-electron chi connectivity index (χ2n) is 5.25. The van der Waals surface area contributed by atoms with E-state index in [1.807, 2.05) is 36.4 Å². The Hall–Kier alpha value is -1.46. The van der Waals surface area contributed by atoms with E-state index >= 15 is 0 Å². The zero-order chi connectivity index (χ0) is 16.5. The molecule has 3 nitrogen and oxygen atoms in total. The average Bonchev–Trinajstić information content (AvgIpc) is 2.55. The highest BCUT2D eigenvalue weighted by Gasteiger charge is 2.02. The van der Waals surface area contributed by atoms with Gasteiger partial charge in [-0.25, -0.2) is 0 Å². The van der Waals surface area contributed by atoms with E-state index in [2.05, 4.69) is 33.4 Å². The molecule has 0 atom stereocenters. The van der Waals surface area contributed by atoms with Gasteiger partial charge in [-0.2, -0.15) is 0 Å². The van der Waals surface area contributed by atoms with Crippen LogP contribution >= 0.6 is 27.7 Å². The first-order valence-electron chi connectivity index (χ1n) is 7.63. The Kier molecular flexibility index (Phi) is 7.49. The molecule has 0 heterocycles. The van der Waals surface area contributed by atoms with Crippen LogP contribution in [0.2, 0.25) is 0 Å². The van der Waals surface area contributed by atoms with Crippen LogP contribution < -0.4 is 11.1 Å². The van der Waals surface area contributed by atoms with E-state index in [1.54, 1.807) is 11.8 Å². The molecule has 0 fully saturated rings. The summed E-state index contributed by atoms with van der Waals surface area (Å²) in [6.07, 6.45) is 2.29. The van der Waals surface area contributed by atoms with Gasteiger partial charge in [0.2, 0.25) is 5.91 Å². The van der Waals surface area contributed by atoms with Crippen molar-refractivity contribution < 1.29 is 4.79 Å². The lowest BCUT2D eigenvalue weighted by Gasteiger charge is -2.06. The third-order valence-electron chi connectivity index (χ3n) is 3.35. The lowest BCUT2D eigenvalue weighted by Crippen LogP contribution is -2.25. The summed E-state index contributed by atoms with van der Waals surface area (Å²) in [6, 6.07) is 16.0. The second kappa shape index (κ2) is 9.63. The van der Waals surface area contributed by atoms with Crippen LogP contribution in [0.25, 0.3) is 0 Å².